The molecular weight excluding hydrogens is 380 g/mol. The molecule has 2 amide bonds. The Kier molecular flexibility index (Phi) is 9.47. The average molecular weight is 411 g/mol. The van der Waals surface area contributed by atoms with Gasteiger partial charge in [0.05, 0.1) is 5.69 Å². The van der Waals surface area contributed by atoms with Gasteiger partial charge in [0.2, 0.25) is 5.91 Å². The standard InChI is InChI=1S/C22H30N6O2/c1-2-8-17-12-14-18(15-13-17)22(30)25-16-7-3-4-11-21(29)28(24)20-10-6-5-9-19(20)26-27-23/h5-6,9-10,12-15H,2-4,7-8,11,16,24H2,1H3,(H2,23,26)(H,25,30). The quantitative estimate of drug-likeness (QED) is 0.171. The highest BCUT2D eigenvalue weighted by molar-refractivity contribution is 5.95. The Morgan fingerprint density at radius 2 is 1.77 bits per heavy atom. The van der Waals surface area contributed by atoms with E-state index in [2.05, 4.69) is 22.6 Å². The fourth-order valence-electron chi connectivity index (χ4n) is 3.06. The molecule has 2 aromatic rings. The smallest absolute Gasteiger partial charge is 0.251 e. The second-order valence-corrected chi connectivity index (χ2v) is 6.98. The largest absolute Gasteiger partial charge is 0.352 e. The maximum absolute atomic E-state index is 12.3. The van der Waals surface area contributed by atoms with Crippen molar-refractivity contribution in [3.05, 3.63) is 59.7 Å². The van der Waals surface area contributed by atoms with Crippen LogP contribution in [0.1, 0.15) is 54.9 Å². The lowest BCUT2D eigenvalue weighted by Crippen LogP contribution is -2.37. The SMILES string of the molecule is CCCc1ccc(C(=O)NCCCCCC(=O)N(N)c2ccccc2N=NN)cc1. The third-order valence-electron chi connectivity index (χ3n) is 4.68. The second kappa shape index (κ2) is 12.3. The number of benzene rings is 2. The van der Waals surface area contributed by atoms with Gasteiger partial charge in [0.15, 0.2) is 0 Å². The summed E-state index contributed by atoms with van der Waals surface area (Å²) in [5.41, 5.74) is 2.79. The maximum Gasteiger partial charge on any atom is 0.251 e. The van der Waals surface area contributed by atoms with Gasteiger partial charge in [0.25, 0.3) is 5.91 Å². The normalized spacial score (nSPS) is 10.9. The topological polar surface area (TPSA) is 126 Å². The number of amides is 2. The minimum absolute atomic E-state index is 0.0760. The highest BCUT2D eigenvalue weighted by atomic mass is 16.2. The van der Waals surface area contributed by atoms with Crippen LogP contribution in [0, 0.1) is 0 Å². The van der Waals surface area contributed by atoms with E-state index in [0.717, 1.165) is 30.7 Å². The van der Waals surface area contributed by atoms with Crippen LogP contribution in [0.3, 0.4) is 0 Å². The fraction of sp³-hybridized carbons (Fsp3) is 0.364. The van der Waals surface area contributed by atoms with Crippen LogP contribution in [-0.4, -0.2) is 18.4 Å². The number of carbonyl (C=O) groups is 2. The monoisotopic (exact) mass is 410 g/mol. The van der Waals surface area contributed by atoms with E-state index in [1.807, 2.05) is 24.3 Å². The number of nitrogens with zero attached hydrogens (tertiary/aromatic N) is 3. The van der Waals surface area contributed by atoms with Crippen molar-refractivity contribution in [3.63, 3.8) is 0 Å². The van der Waals surface area contributed by atoms with Crippen LogP contribution in [0.15, 0.2) is 58.9 Å². The lowest BCUT2D eigenvalue weighted by Gasteiger charge is -2.18. The van der Waals surface area contributed by atoms with Gasteiger partial charge in [-0.2, -0.15) is 0 Å². The molecule has 0 unspecified atom stereocenters. The number of unbranched alkanes of at least 4 members (excludes halogenated alkanes) is 2. The van der Waals surface area contributed by atoms with E-state index in [1.165, 1.54) is 5.56 Å². The predicted molar refractivity (Wildman–Crippen MR) is 118 cm³/mol. The molecule has 0 fully saturated rings. The Morgan fingerprint density at radius 1 is 1.03 bits per heavy atom. The third kappa shape index (κ3) is 6.97. The molecule has 0 atom stereocenters. The second-order valence-electron chi connectivity index (χ2n) is 6.98. The summed E-state index contributed by atoms with van der Waals surface area (Å²) < 4.78 is 0. The van der Waals surface area contributed by atoms with Crippen molar-refractivity contribution in [2.45, 2.75) is 45.4 Å². The Balaban J connectivity index is 1.68. The van der Waals surface area contributed by atoms with Crippen molar-refractivity contribution in [1.82, 2.24) is 5.32 Å². The summed E-state index contributed by atoms with van der Waals surface area (Å²) in [6.07, 6.45) is 4.67. The molecule has 0 bridgehead atoms. The summed E-state index contributed by atoms with van der Waals surface area (Å²) in [6, 6.07) is 14.6. The van der Waals surface area contributed by atoms with E-state index in [9.17, 15) is 9.59 Å². The van der Waals surface area contributed by atoms with Gasteiger partial charge in [0.1, 0.15) is 5.69 Å². The third-order valence-corrected chi connectivity index (χ3v) is 4.68. The number of rotatable bonds is 11. The van der Waals surface area contributed by atoms with Crippen molar-refractivity contribution in [2.75, 3.05) is 11.6 Å². The number of anilines is 1. The zero-order valence-electron chi connectivity index (χ0n) is 17.4. The summed E-state index contributed by atoms with van der Waals surface area (Å²) in [6.45, 7) is 2.70. The maximum atomic E-state index is 12.3. The number of aryl methyl sites for hydroxylation is 1. The van der Waals surface area contributed by atoms with Gasteiger partial charge in [-0.25, -0.2) is 10.9 Å². The molecule has 30 heavy (non-hydrogen) atoms. The number of nitrogens with two attached hydrogens (primary N) is 2. The molecule has 0 saturated heterocycles. The first kappa shape index (κ1) is 23.0. The van der Waals surface area contributed by atoms with Crippen molar-refractivity contribution in [3.8, 4) is 0 Å². The van der Waals surface area contributed by atoms with Crippen LogP contribution >= 0.6 is 0 Å². The molecule has 0 spiro atoms. The molecule has 160 valence electrons. The van der Waals surface area contributed by atoms with E-state index in [4.69, 9.17) is 11.7 Å². The van der Waals surface area contributed by atoms with E-state index in [1.54, 1.807) is 24.3 Å². The highest BCUT2D eigenvalue weighted by Gasteiger charge is 2.15. The molecule has 8 nitrogen and oxygen atoms in total. The fourth-order valence-corrected chi connectivity index (χ4v) is 3.06. The van der Waals surface area contributed by atoms with Gasteiger partial charge in [-0.1, -0.05) is 49.3 Å². The molecule has 0 aliphatic rings. The van der Waals surface area contributed by atoms with Crippen LogP contribution in [0.2, 0.25) is 0 Å². The molecule has 0 radical (unpaired) electrons. The van der Waals surface area contributed by atoms with Gasteiger partial charge < -0.3 is 11.2 Å². The van der Waals surface area contributed by atoms with Crippen molar-refractivity contribution < 1.29 is 9.59 Å². The zero-order chi connectivity index (χ0) is 21.8. The zero-order valence-corrected chi connectivity index (χ0v) is 17.4. The van der Waals surface area contributed by atoms with Crippen LogP contribution in [0.25, 0.3) is 0 Å². The summed E-state index contributed by atoms with van der Waals surface area (Å²) in [7, 11) is 0. The van der Waals surface area contributed by atoms with E-state index < -0.39 is 0 Å². The molecule has 2 aromatic carbocycles. The van der Waals surface area contributed by atoms with E-state index in [-0.39, 0.29) is 11.8 Å². The lowest BCUT2D eigenvalue weighted by molar-refractivity contribution is -0.118. The molecule has 0 aliphatic heterocycles. The van der Waals surface area contributed by atoms with Crippen LogP contribution < -0.4 is 22.0 Å². The van der Waals surface area contributed by atoms with Crippen molar-refractivity contribution in [1.29, 1.82) is 0 Å². The molecule has 2 rings (SSSR count). The van der Waals surface area contributed by atoms with Crippen molar-refractivity contribution >= 4 is 23.2 Å². The van der Waals surface area contributed by atoms with E-state index >= 15 is 0 Å². The van der Waals surface area contributed by atoms with Crippen molar-refractivity contribution in [2.24, 2.45) is 22.0 Å². The molecule has 0 saturated carbocycles. The summed E-state index contributed by atoms with van der Waals surface area (Å²) in [5.74, 6) is 10.7. The number of carbonyl (C=O) groups excluding carboxylic acids is 2. The average Bonchev–Trinajstić information content (AvgIpc) is 2.76. The first-order chi connectivity index (χ1) is 14.6. The Bertz CT molecular complexity index is 851. The minimum atomic E-state index is -0.217. The molecule has 0 aliphatic carbocycles. The number of hydrogen-bond acceptors (Lipinski definition) is 5. The Labute approximate surface area is 177 Å². The molecule has 5 N–H and O–H groups in total. The summed E-state index contributed by atoms with van der Waals surface area (Å²) in [5, 5.41) is 11.0. The predicted octanol–water partition coefficient (Wildman–Crippen LogP) is 3.79. The molecule has 0 aromatic heterocycles. The van der Waals surface area contributed by atoms with Gasteiger partial charge in [-0.05, 0) is 49.1 Å². The molecular formula is C22H30N6O2. The van der Waals surface area contributed by atoms with Gasteiger partial charge >= 0.3 is 0 Å². The van der Waals surface area contributed by atoms with Crippen LogP contribution in [0.5, 0.6) is 0 Å². The molecule has 8 heteroatoms. The first-order valence-electron chi connectivity index (χ1n) is 10.2. The van der Waals surface area contributed by atoms with Gasteiger partial charge in [-0.15, -0.1) is 5.11 Å². The van der Waals surface area contributed by atoms with Crippen LogP contribution in [-0.2, 0) is 11.2 Å². The van der Waals surface area contributed by atoms with E-state index in [0.29, 0.717) is 36.3 Å². The summed E-state index contributed by atoms with van der Waals surface area (Å²) in [4.78, 5) is 24.5. The Hall–Kier alpha value is -3.26. The van der Waals surface area contributed by atoms with Gasteiger partial charge in [0, 0.05) is 18.5 Å². The Morgan fingerprint density at radius 3 is 2.47 bits per heavy atom. The minimum Gasteiger partial charge on any atom is -0.352 e. The number of hydrogen-bond donors (Lipinski definition) is 3. The number of para-hydroxylation sites is 1. The van der Waals surface area contributed by atoms with Gasteiger partial charge in [-0.3, -0.25) is 9.59 Å². The molecule has 0 heterocycles. The highest BCUT2D eigenvalue weighted by Crippen LogP contribution is 2.27. The first-order valence-corrected chi connectivity index (χ1v) is 10.2. The lowest BCUT2D eigenvalue weighted by atomic mass is 10.1. The summed E-state index contributed by atoms with van der Waals surface area (Å²) >= 11 is 0. The number of hydrazine groups is 1. The van der Waals surface area contributed by atoms with Crippen LogP contribution in [0.4, 0.5) is 11.4 Å². The number of nitrogens with one attached hydrogen (secondary N) is 1.